The lowest BCUT2D eigenvalue weighted by atomic mass is 9.97. The smallest absolute Gasteiger partial charge is 0.303 e. The monoisotopic (exact) mass is 349 g/mol. The number of fused-ring (bicyclic) bond motifs is 1. The van der Waals surface area contributed by atoms with E-state index < -0.39 is 5.97 Å². The molecule has 7 nitrogen and oxygen atoms in total. The Labute approximate surface area is 142 Å². The standard InChI is InChI=1S/C16H19N3O4S/c1-10-9-19-15(23)12(8-17-16(19)24-10)14(22)18-7-3-2-4-11(18)5-6-13(20)21/h8-9,11H,2-7H2,1H3,(H,20,21). The van der Waals surface area contributed by atoms with Crippen molar-refractivity contribution < 1.29 is 14.7 Å². The van der Waals surface area contributed by atoms with Gasteiger partial charge in [-0.25, -0.2) is 4.98 Å². The number of carbonyl (C=O) groups excluding carboxylic acids is 1. The van der Waals surface area contributed by atoms with Gasteiger partial charge in [-0.15, -0.1) is 11.3 Å². The molecule has 3 rings (SSSR count). The summed E-state index contributed by atoms with van der Waals surface area (Å²) in [4.78, 5) is 43.6. The molecule has 3 heterocycles. The molecule has 24 heavy (non-hydrogen) atoms. The first kappa shape index (κ1) is 16.6. The van der Waals surface area contributed by atoms with Crippen LogP contribution in [0.1, 0.15) is 47.3 Å². The molecule has 1 amide bonds. The first-order chi connectivity index (χ1) is 11.5. The van der Waals surface area contributed by atoms with Gasteiger partial charge in [0.1, 0.15) is 5.56 Å². The normalized spacial score (nSPS) is 18.0. The molecule has 8 heteroatoms. The summed E-state index contributed by atoms with van der Waals surface area (Å²) in [5, 5.41) is 8.89. The highest BCUT2D eigenvalue weighted by Gasteiger charge is 2.29. The lowest BCUT2D eigenvalue weighted by molar-refractivity contribution is -0.137. The van der Waals surface area contributed by atoms with Crippen LogP contribution < -0.4 is 5.56 Å². The van der Waals surface area contributed by atoms with E-state index in [1.165, 1.54) is 21.9 Å². The maximum Gasteiger partial charge on any atom is 0.303 e. The number of thiazole rings is 1. The van der Waals surface area contributed by atoms with Crippen molar-refractivity contribution in [3.63, 3.8) is 0 Å². The molecule has 0 spiro atoms. The number of nitrogens with zero attached hydrogens (tertiary/aromatic N) is 3. The van der Waals surface area contributed by atoms with Crippen LogP contribution in [0.4, 0.5) is 0 Å². The number of amides is 1. The zero-order valence-corrected chi connectivity index (χ0v) is 14.2. The number of hydrogen-bond acceptors (Lipinski definition) is 5. The van der Waals surface area contributed by atoms with Crippen molar-refractivity contribution in [1.29, 1.82) is 0 Å². The second-order valence-corrected chi connectivity index (χ2v) is 7.27. The van der Waals surface area contributed by atoms with Gasteiger partial charge in [0.05, 0.1) is 0 Å². The molecular weight excluding hydrogens is 330 g/mol. The zero-order chi connectivity index (χ0) is 17.3. The summed E-state index contributed by atoms with van der Waals surface area (Å²) in [5.41, 5.74) is -0.315. The van der Waals surface area contributed by atoms with Gasteiger partial charge in [0, 0.05) is 36.3 Å². The molecule has 0 aliphatic carbocycles. The average Bonchev–Trinajstić information content (AvgIpc) is 2.94. The number of aromatic nitrogens is 2. The van der Waals surface area contributed by atoms with Crippen LogP contribution in [-0.4, -0.2) is 43.9 Å². The van der Waals surface area contributed by atoms with Crippen LogP contribution in [-0.2, 0) is 4.79 Å². The van der Waals surface area contributed by atoms with Gasteiger partial charge in [-0.1, -0.05) is 0 Å². The topological polar surface area (TPSA) is 92.0 Å². The van der Waals surface area contributed by atoms with E-state index in [4.69, 9.17) is 5.11 Å². The summed E-state index contributed by atoms with van der Waals surface area (Å²) in [6.45, 7) is 2.43. The quantitative estimate of drug-likeness (QED) is 0.910. The van der Waals surface area contributed by atoms with E-state index in [9.17, 15) is 14.4 Å². The SMILES string of the molecule is Cc1cn2c(=O)c(C(=O)N3CCCCC3CCC(=O)O)cnc2s1. The number of aryl methyl sites for hydroxylation is 1. The van der Waals surface area contributed by atoms with Gasteiger partial charge in [-0.3, -0.25) is 18.8 Å². The van der Waals surface area contributed by atoms with Crippen LogP contribution in [0.15, 0.2) is 17.2 Å². The Morgan fingerprint density at radius 3 is 2.96 bits per heavy atom. The molecule has 0 saturated carbocycles. The van der Waals surface area contributed by atoms with Gasteiger partial charge >= 0.3 is 5.97 Å². The van der Waals surface area contributed by atoms with E-state index in [0.29, 0.717) is 17.9 Å². The predicted octanol–water partition coefficient (Wildman–Crippen LogP) is 1.92. The van der Waals surface area contributed by atoms with Crippen molar-refractivity contribution in [3.8, 4) is 0 Å². The second-order valence-electron chi connectivity index (χ2n) is 6.05. The molecule has 1 saturated heterocycles. The lowest BCUT2D eigenvalue weighted by Gasteiger charge is -2.35. The number of aliphatic carboxylic acids is 1. The third kappa shape index (κ3) is 3.19. The van der Waals surface area contributed by atoms with Crippen molar-refractivity contribution in [1.82, 2.24) is 14.3 Å². The highest BCUT2D eigenvalue weighted by molar-refractivity contribution is 7.16. The number of carbonyl (C=O) groups is 2. The van der Waals surface area contributed by atoms with E-state index in [0.717, 1.165) is 24.1 Å². The Kier molecular flexibility index (Phi) is 4.66. The summed E-state index contributed by atoms with van der Waals surface area (Å²) >= 11 is 1.40. The van der Waals surface area contributed by atoms with Gasteiger partial charge in [-0.05, 0) is 32.6 Å². The Hall–Kier alpha value is -2.22. The molecule has 1 N–H and O–H groups in total. The molecule has 0 radical (unpaired) electrons. The first-order valence-corrected chi connectivity index (χ1v) is 8.79. The minimum Gasteiger partial charge on any atom is -0.481 e. The van der Waals surface area contributed by atoms with Gasteiger partial charge in [0.15, 0.2) is 4.96 Å². The number of piperidine rings is 1. The third-order valence-corrected chi connectivity index (χ3v) is 5.24. The second kappa shape index (κ2) is 6.72. The highest BCUT2D eigenvalue weighted by atomic mass is 32.1. The fraction of sp³-hybridized carbons (Fsp3) is 0.500. The van der Waals surface area contributed by atoms with E-state index in [-0.39, 0.29) is 29.5 Å². The molecule has 0 bridgehead atoms. The first-order valence-electron chi connectivity index (χ1n) is 7.98. The fourth-order valence-electron chi connectivity index (χ4n) is 3.15. The Bertz CT molecular complexity index is 841. The van der Waals surface area contributed by atoms with Gasteiger partial charge < -0.3 is 10.0 Å². The zero-order valence-electron chi connectivity index (χ0n) is 13.4. The molecule has 1 atom stereocenters. The third-order valence-electron chi connectivity index (χ3n) is 4.33. The van der Waals surface area contributed by atoms with Gasteiger partial charge in [0.2, 0.25) is 0 Å². The Morgan fingerprint density at radius 2 is 2.21 bits per heavy atom. The molecule has 128 valence electrons. The Morgan fingerprint density at radius 1 is 1.42 bits per heavy atom. The van der Waals surface area contributed by atoms with Crippen LogP contribution in [0.25, 0.3) is 4.96 Å². The molecule has 2 aromatic heterocycles. The van der Waals surface area contributed by atoms with E-state index in [2.05, 4.69) is 4.98 Å². The van der Waals surface area contributed by atoms with E-state index in [1.807, 2.05) is 6.92 Å². The van der Waals surface area contributed by atoms with Crippen LogP contribution in [0.2, 0.25) is 0 Å². The molecule has 1 unspecified atom stereocenters. The molecular formula is C16H19N3O4S. The fourth-order valence-corrected chi connectivity index (χ4v) is 3.94. The number of rotatable bonds is 4. The summed E-state index contributed by atoms with van der Waals surface area (Å²) in [5.74, 6) is -1.22. The minimum atomic E-state index is -0.870. The average molecular weight is 349 g/mol. The highest BCUT2D eigenvalue weighted by Crippen LogP contribution is 2.22. The van der Waals surface area contributed by atoms with Crippen LogP contribution in [0, 0.1) is 6.92 Å². The number of carboxylic acid groups (broad SMARTS) is 1. The number of hydrogen-bond donors (Lipinski definition) is 1. The molecule has 1 aliphatic rings. The van der Waals surface area contributed by atoms with Crippen molar-refractivity contribution >= 4 is 28.2 Å². The summed E-state index contributed by atoms with van der Waals surface area (Å²) in [7, 11) is 0. The summed E-state index contributed by atoms with van der Waals surface area (Å²) in [6, 6.07) is -0.133. The van der Waals surface area contributed by atoms with Gasteiger partial charge in [-0.2, -0.15) is 0 Å². The van der Waals surface area contributed by atoms with Crippen LogP contribution in [0.3, 0.4) is 0 Å². The predicted molar refractivity (Wildman–Crippen MR) is 89.6 cm³/mol. The number of likely N-dealkylation sites (tertiary alicyclic amines) is 1. The lowest BCUT2D eigenvalue weighted by Crippen LogP contribution is -2.45. The minimum absolute atomic E-state index is 0.0223. The maximum absolute atomic E-state index is 12.9. The van der Waals surface area contributed by atoms with Crippen molar-refractivity contribution in [3.05, 3.63) is 33.2 Å². The molecule has 2 aromatic rings. The van der Waals surface area contributed by atoms with Crippen LogP contribution in [0.5, 0.6) is 0 Å². The molecule has 1 aliphatic heterocycles. The van der Waals surface area contributed by atoms with Crippen molar-refractivity contribution in [2.24, 2.45) is 0 Å². The van der Waals surface area contributed by atoms with E-state index in [1.54, 1.807) is 11.1 Å². The van der Waals surface area contributed by atoms with Crippen molar-refractivity contribution in [2.75, 3.05) is 6.54 Å². The van der Waals surface area contributed by atoms with Gasteiger partial charge in [0.25, 0.3) is 11.5 Å². The number of carboxylic acids is 1. The van der Waals surface area contributed by atoms with Crippen molar-refractivity contribution in [2.45, 2.75) is 45.1 Å². The summed E-state index contributed by atoms with van der Waals surface area (Å²) in [6.07, 6.45) is 6.07. The molecule has 0 aromatic carbocycles. The maximum atomic E-state index is 12.9. The largest absolute Gasteiger partial charge is 0.481 e. The summed E-state index contributed by atoms with van der Waals surface area (Å²) < 4.78 is 1.41. The molecule has 1 fully saturated rings. The van der Waals surface area contributed by atoms with E-state index >= 15 is 0 Å². The van der Waals surface area contributed by atoms with Crippen LogP contribution >= 0.6 is 11.3 Å². The Balaban J connectivity index is 1.90.